The van der Waals surface area contributed by atoms with Gasteiger partial charge in [-0.1, -0.05) is 19.3 Å². The molecule has 1 aliphatic carbocycles. The van der Waals surface area contributed by atoms with E-state index in [1.54, 1.807) is 11.8 Å². The summed E-state index contributed by atoms with van der Waals surface area (Å²) in [6.07, 6.45) is 6.85. The normalized spacial score (nSPS) is 25.0. The van der Waals surface area contributed by atoms with Gasteiger partial charge < -0.3 is 10.2 Å². The maximum absolute atomic E-state index is 12.7. The SMILES string of the molecule is CC(=O)N1CCC(C)(C(=O)Nc2cc(C)n(C3CCCCC3)n2)C1. The summed E-state index contributed by atoms with van der Waals surface area (Å²) in [5, 5.41) is 7.61. The van der Waals surface area contributed by atoms with Crippen LogP contribution < -0.4 is 5.32 Å². The summed E-state index contributed by atoms with van der Waals surface area (Å²) in [7, 11) is 0. The van der Waals surface area contributed by atoms with Crippen LogP contribution in [0.3, 0.4) is 0 Å². The summed E-state index contributed by atoms with van der Waals surface area (Å²) in [5.74, 6) is 0.620. The molecule has 2 fully saturated rings. The topological polar surface area (TPSA) is 67.2 Å². The highest BCUT2D eigenvalue weighted by atomic mass is 16.2. The fourth-order valence-corrected chi connectivity index (χ4v) is 3.93. The lowest BCUT2D eigenvalue weighted by molar-refractivity contribution is -0.129. The Kier molecular flexibility index (Phi) is 4.65. The van der Waals surface area contributed by atoms with Crippen LogP contribution in [0.4, 0.5) is 5.82 Å². The summed E-state index contributed by atoms with van der Waals surface area (Å²) in [5.41, 5.74) is 0.563. The van der Waals surface area contributed by atoms with Crippen molar-refractivity contribution < 1.29 is 9.59 Å². The van der Waals surface area contributed by atoms with Crippen molar-refractivity contribution in [3.63, 3.8) is 0 Å². The minimum atomic E-state index is -0.534. The van der Waals surface area contributed by atoms with Gasteiger partial charge in [0.1, 0.15) is 0 Å². The van der Waals surface area contributed by atoms with Crippen LogP contribution in [-0.2, 0) is 9.59 Å². The summed E-state index contributed by atoms with van der Waals surface area (Å²) in [6, 6.07) is 2.41. The maximum atomic E-state index is 12.7. The number of hydrogen-bond acceptors (Lipinski definition) is 3. The van der Waals surface area contributed by atoms with E-state index in [0.29, 0.717) is 31.4 Å². The molecule has 1 N–H and O–H groups in total. The van der Waals surface area contributed by atoms with Gasteiger partial charge >= 0.3 is 0 Å². The standard InChI is InChI=1S/C18H28N4O2/c1-13-11-16(20-22(13)15-7-5-4-6-8-15)19-17(24)18(3)9-10-21(12-18)14(2)23/h11,15H,4-10,12H2,1-3H3,(H,19,20,24). The van der Waals surface area contributed by atoms with Crippen molar-refractivity contribution >= 4 is 17.6 Å². The maximum Gasteiger partial charge on any atom is 0.233 e. The van der Waals surface area contributed by atoms with Crippen LogP contribution in [0.25, 0.3) is 0 Å². The van der Waals surface area contributed by atoms with Gasteiger partial charge in [0.25, 0.3) is 0 Å². The van der Waals surface area contributed by atoms with E-state index in [1.165, 1.54) is 32.1 Å². The average Bonchev–Trinajstić information content (AvgIpc) is 3.12. The molecule has 2 aliphatic rings. The third-order valence-electron chi connectivity index (χ3n) is 5.55. The summed E-state index contributed by atoms with van der Waals surface area (Å²) >= 11 is 0. The number of aromatic nitrogens is 2. The number of aryl methyl sites for hydroxylation is 1. The fraction of sp³-hybridized carbons (Fsp3) is 0.722. The van der Waals surface area contributed by atoms with Crippen LogP contribution >= 0.6 is 0 Å². The number of amides is 2. The molecule has 1 aromatic rings. The van der Waals surface area contributed by atoms with E-state index in [0.717, 1.165) is 5.69 Å². The molecule has 2 heterocycles. The Morgan fingerprint density at radius 1 is 1.29 bits per heavy atom. The van der Waals surface area contributed by atoms with Crippen molar-refractivity contribution in [2.75, 3.05) is 18.4 Å². The van der Waals surface area contributed by atoms with Crippen molar-refractivity contribution in [2.24, 2.45) is 5.41 Å². The highest BCUT2D eigenvalue weighted by Gasteiger charge is 2.41. The highest BCUT2D eigenvalue weighted by molar-refractivity contribution is 5.95. The zero-order valence-corrected chi connectivity index (χ0v) is 15.0. The first-order chi connectivity index (χ1) is 11.4. The number of likely N-dealkylation sites (tertiary alicyclic amines) is 1. The van der Waals surface area contributed by atoms with Gasteiger partial charge in [0.2, 0.25) is 11.8 Å². The lowest BCUT2D eigenvalue weighted by Gasteiger charge is -2.23. The van der Waals surface area contributed by atoms with Gasteiger partial charge in [-0.2, -0.15) is 5.10 Å². The number of nitrogens with one attached hydrogen (secondary N) is 1. The zero-order chi connectivity index (χ0) is 17.3. The van der Waals surface area contributed by atoms with Gasteiger partial charge in [0.15, 0.2) is 5.82 Å². The molecule has 1 atom stereocenters. The number of nitrogens with zero attached hydrogens (tertiary/aromatic N) is 3. The second-order valence-corrected chi connectivity index (χ2v) is 7.61. The Balaban J connectivity index is 1.68. The van der Waals surface area contributed by atoms with E-state index < -0.39 is 5.41 Å². The average molecular weight is 332 g/mol. The molecule has 6 heteroatoms. The van der Waals surface area contributed by atoms with Gasteiger partial charge in [-0.15, -0.1) is 0 Å². The van der Waals surface area contributed by atoms with Gasteiger partial charge in [-0.3, -0.25) is 14.3 Å². The predicted molar refractivity (Wildman–Crippen MR) is 92.7 cm³/mol. The van der Waals surface area contributed by atoms with Crippen LogP contribution in [0, 0.1) is 12.3 Å². The molecular weight excluding hydrogens is 304 g/mol. The largest absolute Gasteiger partial charge is 0.342 e. The van der Waals surface area contributed by atoms with Gasteiger partial charge in [-0.25, -0.2) is 0 Å². The summed E-state index contributed by atoms with van der Waals surface area (Å²) in [6.45, 7) is 6.66. The second kappa shape index (κ2) is 6.57. The number of carbonyl (C=O) groups excluding carboxylic acids is 2. The first kappa shape index (κ1) is 17.0. The van der Waals surface area contributed by atoms with Crippen LogP contribution in [0.5, 0.6) is 0 Å². The molecule has 1 aromatic heterocycles. The van der Waals surface area contributed by atoms with E-state index >= 15 is 0 Å². The first-order valence-corrected chi connectivity index (χ1v) is 9.02. The van der Waals surface area contributed by atoms with E-state index in [-0.39, 0.29) is 11.8 Å². The lowest BCUT2D eigenvalue weighted by atomic mass is 9.89. The van der Waals surface area contributed by atoms with Gasteiger partial charge in [0, 0.05) is 31.8 Å². The molecule has 0 radical (unpaired) electrons. The Labute approximate surface area is 143 Å². The molecule has 0 aromatic carbocycles. The molecule has 1 saturated carbocycles. The minimum Gasteiger partial charge on any atom is -0.342 e. The molecule has 1 aliphatic heterocycles. The molecule has 2 amide bonds. The zero-order valence-electron chi connectivity index (χ0n) is 15.0. The number of anilines is 1. The summed E-state index contributed by atoms with van der Waals surface area (Å²) in [4.78, 5) is 26.0. The Hall–Kier alpha value is -1.85. The first-order valence-electron chi connectivity index (χ1n) is 9.02. The molecule has 3 rings (SSSR count). The Morgan fingerprint density at radius 2 is 2.00 bits per heavy atom. The van der Waals surface area contributed by atoms with Crippen molar-refractivity contribution in [1.29, 1.82) is 0 Å². The van der Waals surface area contributed by atoms with E-state index in [4.69, 9.17) is 0 Å². The number of rotatable bonds is 3. The molecule has 24 heavy (non-hydrogen) atoms. The van der Waals surface area contributed by atoms with Crippen molar-refractivity contribution in [3.8, 4) is 0 Å². The third-order valence-corrected chi connectivity index (χ3v) is 5.55. The molecule has 0 spiro atoms. The van der Waals surface area contributed by atoms with Crippen molar-refractivity contribution in [1.82, 2.24) is 14.7 Å². The molecule has 0 bridgehead atoms. The smallest absolute Gasteiger partial charge is 0.233 e. The van der Waals surface area contributed by atoms with Crippen LogP contribution in [-0.4, -0.2) is 39.6 Å². The molecular formula is C18H28N4O2. The predicted octanol–water partition coefficient (Wildman–Crippen LogP) is 2.89. The molecule has 1 saturated heterocycles. The number of hydrogen-bond donors (Lipinski definition) is 1. The Bertz CT molecular complexity index is 633. The van der Waals surface area contributed by atoms with Crippen LogP contribution in [0.1, 0.15) is 64.1 Å². The van der Waals surface area contributed by atoms with E-state index in [1.807, 2.05) is 19.9 Å². The van der Waals surface area contributed by atoms with Crippen LogP contribution in [0.15, 0.2) is 6.07 Å². The fourth-order valence-electron chi connectivity index (χ4n) is 3.93. The quantitative estimate of drug-likeness (QED) is 0.925. The molecule has 1 unspecified atom stereocenters. The molecule has 132 valence electrons. The monoisotopic (exact) mass is 332 g/mol. The van der Waals surface area contributed by atoms with Crippen LogP contribution in [0.2, 0.25) is 0 Å². The third kappa shape index (κ3) is 3.32. The van der Waals surface area contributed by atoms with Gasteiger partial charge in [0.05, 0.1) is 11.5 Å². The summed E-state index contributed by atoms with van der Waals surface area (Å²) < 4.78 is 2.08. The van der Waals surface area contributed by atoms with E-state index in [9.17, 15) is 9.59 Å². The molecule has 6 nitrogen and oxygen atoms in total. The minimum absolute atomic E-state index is 0.0314. The van der Waals surface area contributed by atoms with E-state index in [2.05, 4.69) is 15.1 Å². The van der Waals surface area contributed by atoms with Crippen molar-refractivity contribution in [2.45, 2.75) is 65.3 Å². The number of carbonyl (C=O) groups is 2. The van der Waals surface area contributed by atoms with Crippen molar-refractivity contribution in [3.05, 3.63) is 11.8 Å². The Morgan fingerprint density at radius 3 is 2.62 bits per heavy atom. The lowest BCUT2D eigenvalue weighted by Crippen LogP contribution is -2.37. The second-order valence-electron chi connectivity index (χ2n) is 7.61. The highest BCUT2D eigenvalue weighted by Crippen LogP contribution is 2.32. The van der Waals surface area contributed by atoms with Gasteiger partial charge in [-0.05, 0) is 33.1 Å².